The summed E-state index contributed by atoms with van der Waals surface area (Å²) in [5, 5.41) is 22.0. The number of β-lactam (4-membered cyclic amide) rings is 1. The van der Waals surface area contributed by atoms with Crippen LogP contribution >= 0.6 is 0 Å². The molecule has 0 aliphatic carbocycles. The number of rotatable bonds is 9. The van der Waals surface area contributed by atoms with Crippen LogP contribution in [0.4, 0.5) is 11.4 Å². The number of anilines is 2. The number of carbonyl (C=O) groups excluding carboxylic acids is 3. The molecule has 0 saturated carbocycles. The summed E-state index contributed by atoms with van der Waals surface area (Å²) in [6.07, 6.45) is 4.65. The van der Waals surface area contributed by atoms with E-state index in [1.165, 1.54) is 7.11 Å². The predicted octanol–water partition coefficient (Wildman–Crippen LogP) is 3.69. The van der Waals surface area contributed by atoms with Crippen LogP contribution < -0.4 is 14.5 Å². The average Bonchev–Trinajstić information content (AvgIpc) is 3.25. The Bertz CT molecular complexity index is 1620. The molecule has 9 nitrogen and oxygen atoms in total. The fourth-order valence-corrected chi connectivity index (χ4v) is 6.43. The van der Waals surface area contributed by atoms with Crippen molar-refractivity contribution >= 4 is 29.1 Å². The van der Waals surface area contributed by atoms with E-state index in [1.807, 2.05) is 48.5 Å². The van der Waals surface area contributed by atoms with Gasteiger partial charge in [0.15, 0.2) is 5.60 Å². The number of aliphatic hydroxyl groups is 2. The van der Waals surface area contributed by atoms with E-state index in [-0.39, 0.29) is 37.4 Å². The second kappa shape index (κ2) is 11.9. The molecule has 6 rings (SSSR count). The van der Waals surface area contributed by atoms with E-state index >= 15 is 0 Å². The van der Waals surface area contributed by atoms with Gasteiger partial charge in [-0.3, -0.25) is 14.4 Å². The number of aliphatic hydroxyl groups excluding tert-OH is 1. The van der Waals surface area contributed by atoms with Gasteiger partial charge in [-0.05, 0) is 53.4 Å². The Kier molecular flexibility index (Phi) is 8.00. The number of benzene rings is 3. The Morgan fingerprint density at radius 3 is 2.50 bits per heavy atom. The van der Waals surface area contributed by atoms with Gasteiger partial charge in [-0.1, -0.05) is 55.5 Å². The van der Waals surface area contributed by atoms with Crippen LogP contribution in [0.1, 0.15) is 42.0 Å². The van der Waals surface area contributed by atoms with Gasteiger partial charge >= 0.3 is 0 Å². The fourth-order valence-electron chi connectivity index (χ4n) is 6.43. The number of methoxy groups -OCH3 is 1. The van der Waals surface area contributed by atoms with Gasteiger partial charge in [0, 0.05) is 43.1 Å². The van der Waals surface area contributed by atoms with E-state index < -0.39 is 17.4 Å². The zero-order chi connectivity index (χ0) is 31.0. The van der Waals surface area contributed by atoms with Crippen molar-refractivity contribution in [3.63, 3.8) is 0 Å². The Morgan fingerprint density at radius 2 is 1.84 bits per heavy atom. The minimum atomic E-state index is -1.87. The molecule has 228 valence electrons. The van der Waals surface area contributed by atoms with Gasteiger partial charge in [0.2, 0.25) is 11.8 Å². The van der Waals surface area contributed by atoms with E-state index in [1.54, 1.807) is 52.0 Å². The zero-order valence-electron chi connectivity index (χ0n) is 25.0. The molecular weight excluding hydrogens is 558 g/mol. The molecule has 0 bridgehead atoms. The third kappa shape index (κ3) is 5.16. The molecule has 0 unspecified atom stereocenters. The lowest BCUT2D eigenvalue weighted by atomic mass is 9.82. The first-order chi connectivity index (χ1) is 21.2. The van der Waals surface area contributed by atoms with E-state index in [4.69, 9.17) is 4.74 Å². The second-order valence-electron chi connectivity index (χ2n) is 11.8. The maximum absolute atomic E-state index is 14.0. The lowest BCUT2D eigenvalue weighted by molar-refractivity contribution is -0.139. The molecule has 44 heavy (non-hydrogen) atoms. The minimum Gasteiger partial charge on any atom is -0.497 e. The molecule has 0 aromatic heterocycles. The molecule has 0 radical (unpaired) electrons. The Morgan fingerprint density at radius 1 is 1.09 bits per heavy atom. The van der Waals surface area contributed by atoms with Crippen LogP contribution in [0.3, 0.4) is 0 Å². The molecule has 9 heteroatoms. The van der Waals surface area contributed by atoms with Crippen LogP contribution in [-0.4, -0.2) is 59.1 Å². The number of amides is 3. The van der Waals surface area contributed by atoms with Gasteiger partial charge in [0.05, 0.1) is 32.0 Å². The minimum absolute atomic E-state index is 0.0772. The topological polar surface area (TPSA) is 111 Å². The molecular formula is C35H37N3O6. The van der Waals surface area contributed by atoms with Crippen LogP contribution in [0.15, 0.2) is 78.9 Å². The Balaban J connectivity index is 1.20. The molecule has 3 amide bonds. The van der Waals surface area contributed by atoms with Crippen LogP contribution in [0.25, 0.3) is 0 Å². The fraction of sp³-hybridized carbons (Fsp3) is 0.343. The van der Waals surface area contributed by atoms with Gasteiger partial charge < -0.3 is 29.6 Å². The monoisotopic (exact) mass is 595 g/mol. The largest absolute Gasteiger partial charge is 0.497 e. The van der Waals surface area contributed by atoms with E-state index in [9.17, 15) is 24.6 Å². The quantitative estimate of drug-likeness (QED) is 0.289. The summed E-state index contributed by atoms with van der Waals surface area (Å²) in [5.74, 6) is -0.627. The number of fused-ring (bicyclic) bond motifs is 2. The van der Waals surface area contributed by atoms with Crippen LogP contribution in [-0.2, 0) is 39.5 Å². The standard InChI is InChI=1S/C35H37N3O6/c1-23(6-5-9-32(40)37-21-26-8-4-3-7-25(26)18-28(37)22-39)35(43)30-19-29(44-2)14-15-31(30)38(34(35)42)20-24-10-12-27(13-11-24)36-17-16-33(36)41/h3-8,10-15,19,23,28,39,43H,9,16-18,20-22H2,1-2H3/b6-5+/t23-,28+,35+/m1/s1. The Hall–Kier alpha value is -4.47. The van der Waals surface area contributed by atoms with Crippen molar-refractivity contribution < 1.29 is 29.3 Å². The zero-order valence-corrected chi connectivity index (χ0v) is 25.0. The SMILES string of the molecule is COc1ccc2c(c1)[C@@](O)([C@H](C)/C=C/CC(=O)N1Cc3ccccc3C[C@H]1CO)C(=O)N2Cc1ccc(N2CCC2=O)cc1. The first-order valence-electron chi connectivity index (χ1n) is 15.0. The van der Waals surface area contributed by atoms with Crippen LogP contribution in [0.2, 0.25) is 0 Å². The molecule has 2 N–H and O–H groups in total. The Labute approximate surface area is 257 Å². The normalized spacial score (nSPS) is 21.7. The van der Waals surface area contributed by atoms with Gasteiger partial charge in [0.1, 0.15) is 5.75 Å². The average molecular weight is 596 g/mol. The third-order valence-corrected chi connectivity index (χ3v) is 9.18. The first-order valence-corrected chi connectivity index (χ1v) is 15.0. The highest BCUT2D eigenvalue weighted by atomic mass is 16.5. The maximum Gasteiger partial charge on any atom is 0.264 e. The maximum atomic E-state index is 14.0. The number of carbonyl (C=O) groups is 3. The molecule has 3 aliphatic heterocycles. The summed E-state index contributed by atoms with van der Waals surface area (Å²) >= 11 is 0. The van der Waals surface area contributed by atoms with Crippen molar-refractivity contribution in [3.8, 4) is 5.75 Å². The van der Waals surface area contributed by atoms with Crippen molar-refractivity contribution in [2.75, 3.05) is 30.1 Å². The van der Waals surface area contributed by atoms with Gasteiger partial charge in [-0.25, -0.2) is 0 Å². The van der Waals surface area contributed by atoms with Crippen LogP contribution in [0, 0.1) is 5.92 Å². The van der Waals surface area contributed by atoms with Gasteiger partial charge in [0.25, 0.3) is 5.91 Å². The van der Waals surface area contributed by atoms with Gasteiger partial charge in [-0.15, -0.1) is 0 Å². The van der Waals surface area contributed by atoms with Crippen molar-refractivity contribution in [3.05, 3.63) is 101 Å². The van der Waals surface area contributed by atoms with Crippen molar-refractivity contribution in [2.45, 2.75) is 50.9 Å². The second-order valence-corrected chi connectivity index (χ2v) is 11.8. The van der Waals surface area contributed by atoms with E-state index in [0.29, 0.717) is 42.9 Å². The van der Waals surface area contributed by atoms with Gasteiger partial charge in [-0.2, -0.15) is 0 Å². The number of hydrogen-bond acceptors (Lipinski definition) is 6. The summed E-state index contributed by atoms with van der Waals surface area (Å²) in [5.41, 5.74) is 3.06. The third-order valence-electron chi connectivity index (χ3n) is 9.18. The molecule has 3 aliphatic rings. The van der Waals surface area contributed by atoms with Crippen molar-refractivity contribution in [1.82, 2.24) is 4.90 Å². The predicted molar refractivity (Wildman–Crippen MR) is 166 cm³/mol. The molecule has 0 spiro atoms. The molecule has 3 aromatic carbocycles. The lowest BCUT2D eigenvalue weighted by Crippen LogP contribution is -2.46. The number of nitrogens with zero attached hydrogens (tertiary/aromatic N) is 3. The highest BCUT2D eigenvalue weighted by molar-refractivity contribution is 6.07. The summed E-state index contributed by atoms with van der Waals surface area (Å²) in [4.78, 5) is 44.1. The molecule has 1 fully saturated rings. The summed E-state index contributed by atoms with van der Waals surface area (Å²) in [6, 6.07) is 20.4. The van der Waals surface area contributed by atoms with Crippen molar-refractivity contribution in [1.29, 1.82) is 0 Å². The molecule has 3 heterocycles. The first kappa shape index (κ1) is 29.6. The smallest absolute Gasteiger partial charge is 0.264 e. The van der Waals surface area contributed by atoms with E-state index in [0.717, 1.165) is 22.4 Å². The van der Waals surface area contributed by atoms with E-state index in [2.05, 4.69) is 0 Å². The number of ether oxygens (including phenoxy) is 1. The molecule has 3 aromatic rings. The van der Waals surface area contributed by atoms with Crippen LogP contribution in [0.5, 0.6) is 5.75 Å². The summed E-state index contributed by atoms with van der Waals surface area (Å²) in [6.45, 7) is 3.02. The highest BCUT2D eigenvalue weighted by Crippen LogP contribution is 2.47. The lowest BCUT2D eigenvalue weighted by Gasteiger charge is -2.36. The highest BCUT2D eigenvalue weighted by Gasteiger charge is 2.52. The molecule has 1 saturated heterocycles. The van der Waals surface area contributed by atoms with Crippen molar-refractivity contribution in [2.24, 2.45) is 5.92 Å². The molecule has 3 atom stereocenters. The summed E-state index contributed by atoms with van der Waals surface area (Å²) < 4.78 is 5.43. The number of hydrogen-bond donors (Lipinski definition) is 2. The summed E-state index contributed by atoms with van der Waals surface area (Å²) in [7, 11) is 1.54.